The Bertz CT molecular complexity index is 504. The highest BCUT2D eigenvalue weighted by molar-refractivity contribution is 5.82. The summed E-state index contributed by atoms with van der Waals surface area (Å²) < 4.78 is 17.1. The van der Waals surface area contributed by atoms with Gasteiger partial charge in [-0.25, -0.2) is 0 Å². The number of morpholine rings is 1. The SMILES string of the molecule is CC1CN(C(=O)C2Oc3ccccc3OC2C)CCO1. The molecule has 20 heavy (non-hydrogen) atoms. The van der Waals surface area contributed by atoms with Crippen LogP contribution in [0.3, 0.4) is 0 Å². The van der Waals surface area contributed by atoms with Crippen LogP contribution in [0.1, 0.15) is 13.8 Å². The second kappa shape index (κ2) is 5.32. The summed E-state index contributed by atoms with van der Waals surface area (Å²) in [6.45, 7) is 5.62. The van der Waals surface area contributed by atoms with Crippen LogP contribution in [0.2, 0.25) is 0 Å². The van der Waals surface area contributed by atoms with Crippen LogP contribution in [0, 0.1) is 0 Å². The van der Waals surface area contributed by atoms with Crippen LogP contribution in [0.25, 0.3) is 0 Å². The van der Waals surface area contributed by atoms with Crippen molar-refractivity contribution < 1.29 is 19.0 Å². The predicted octanol–water partition coefficient (Wildman–Crippen LogP) is 1.46. The maximum absolute atomic E-state index is 12.6. The van der Waals surface area contributed by atoms with Crippen molar-refractivity contribution in [3.63, 3.8) is 0 Å². The Kier molecular flexibility index (Phi) is 3.53. The number of ether oxygens (including phenoxy) is 3. The van der Waals surface area contributed by atoms with E-state index in [1.807, 2.05) is 38.1 Å². The molecule has 0 spiro atoms. The topological polar surface area (TPSA) is 48.0 Å². The van der Waals surface area contributed by atoms with Crippen molar-refractivity contribution in [2.45, 2.75) is 32.2 Å². The van der Waals surface area contributed by atoms with Crippen molar-refractivity contribution in [3.8, 4) is 11.5 Å². The van der Waals surface area contributed by atoms with Gasteiger partial charge in [0.05, 0.1) is 12.7 Å². The molecular weight excluding hydrogens is 258 g/mol. The fourth-order valence-corrected chi connectivity index (χ4v) is 2.59. The van der Waals surface area contributed by atoms with Gasteiger partial charge >= 0.3 is 0 Å². The number of para-hydroxylation sites is 2. The number of amides is 1. The summed E-state index contributed by atoms with van der Waals surface area (Å²) >= 11 is 0. The van der Waals surface area contributed by atoms with Crippen LogP contribution in [0.5, 0.6) is 11.5 Å². The van der Waals surface area contributed by atoms with E-state index in [9.17, 15) is 4.79 Å². The summed E-state index contributed by atoms with van der Waals surface area (Å²) in [5.41, 5.74) is 0. The molecule has 1 saturated heterocycles. The predicted molar refractivity (Wildman–Crippen MR) is 72.9 cm³/mol. The van der Waals surface area contributed by atoms with Crippen LogP contribution in [-0.2, 0) is 9.53 Å². The van der Waals surface area contributed by atoms with Gasteiger partial charge in [-0.2, -0.15) is 0 Å². The van der Waals surface area contributed by atoms with Crippen LogP contribution < -0.4 is 9.47 Å². The Morgan fingerprint density at radius 2 is 1.90 bits per heavy atom. The third-order valence-corrected chi connectivity index (χ3v) is 3.64. The van der Waals surface area contributed by atoms with E-state index in [1.165, 1.54) is 0 Å². The number of hydrogen-bond donors (Lipinski definition) is 0. The number of rotatable bonds is 1. The van der Waals surface area contributed by atoms with Gasteiger partial charge in [-0.1, -0.05) is 12.1 Å². The fraction of sp³-hybridized carbons (Fsp3) is 0.533. The lowest BCUT2D eigenvalue weighted by Gasteiger charge is -2.37. The maximum atomic E-state index is 12.6. The molecule has 2 heterocycles. The zero-order chi connectivity index (χ0) is 14.1. The Labute approximate surface area is 118 Å². The average Bonchev–Trinajstić information content (AvgIpc) is 2.46. The first-order valence-corrected chi connectivity index (χ1v) is 6.98. The molecule has 5 heteroatoms. The Morgan fingerprint density at radius 1 is 1.20 bits per heavy atom. The molecule has 0 bridgehead atoms. The van der Waals surface area contributed by atoms with Gasteiger partial charge in [0.25, 0.3) is 5.91 Å². The fourth-order valence-electron chi connectivity index (χ4n) is 2.59. The molecule has 0 aromatic heterocycles. The molecule has 0 aliphatic carbocycles. The second-order valence-corrected chi connectivity index (χ2v) is 5.27. The van der Waals surface area contributed by atoms with E-state index in [1.54, 1.807) is 4.90 Å². The molecule has 1 fully saturated rings. The first-order chi connectivity index (χ1) is 9.65. The van der Waals surface area contributed by atoms with Crippen LogP contribution >= 0.6 is 0 Å². The van der Waals surface area contributed by atoms with Crippen molar-refractivity contribution in [2.24, 2.45) is 0 Å². The Hall–Kier alpha value is -1.75. The number of hydrogen-bond acceptors (Lipinski definition) is 4. The zero-order valence-electron chi connectivity index (χ0n) is 11.7. The Morgan fingerprint density at radius 3 is 2.60 bits per heavy atom. The third kappa shape index (κ3) is 2.45. The standard InChI is InChI=1S/C15H19NO4/c1-10-9-16(7-8-18-10)15(17)14-11(2)19-12-5-3-4-6-13(12)20-14/h3-6,10-11,14H,7-9H2,1-2H3. The van der Waals surface area contributed by atoms with Gasteiger partial charge in [-0.3, -0.25) is 4.79 Å². The van der Waals surface area contributed by atoms with Crippen molar-refractivity contribution >= 4 is 5.91 Å². The van der Waals surface area contributed by atoms with Crippen LogP contribution in [0.4, 0.5) is 0 Å². The molecule has 2 aliphatic rings. The lowest BCUT2D eigenvalue weighted by atomic mass is 10.1. The first kappa shape index (κ1) is 13.2. The molecule has 5 nitrogen and oxygen atoms in total. The largest absolute Gasteiger partial charge is 0.482 e. The summed E-state index contributed by atoms with van der Waals surface area (Å²) in [5.74, 6) is 1.30. The Balaban J connectivity index is 1.75. The van der Waals surface area contributed by atoms with Crippen LogP contribution in [0.15, 0.2) is 24.3 Å². The minimum atomic E-state index is -0.588. The lowest BCUT2D eigenvalue weighted by Crippen LogP contribution is -2.54. The smallest absolute Gasteiger partial charge is 0.267 e. The number of carbonyl (C=O) groups is 1. The highest BCUT2D eigenvalue weighted by Gasteiger charge is 2.37. The molecule has 0 radical (unpaired) electrons. The summed E-state index contributed by atoms with van der Waals surface area (Å²) in [6, 6.07) is 7.43. The maximum Gasteiger partial charge on any atom is 0.267 e. The minimum Gasteiger partial charge on any atom is -0.482 e. The second-order valence-electron chi connectivity index (χ2n) is 5.27. The van der Waals surface area contributed by atoms with Gasteiger partial charge in [0.1, 0.15) is 6.10 Å². The van der Waals surface area contributed by atoms with Gasteiger partial charge < -0.3 is 19.1 Å². The van der Waals surface area contributed by atoms with E-state index < -0.39 is 6.10 Å². The molecule has 1 aromatic rings. The van der Waals surface area contributed by atoms with Crippen molar-refractivity contribution in [3.05, 3.63) is 24.3 Å². The van der Waals surface area contributed by atoms with Gasteiger partial charge in [0.2, 0.25) is 6.10 Å². The number of nitrogens with zero attached hydrogens (tertiary/aromatic N) is 1. The molecule has 3 atom stereocenters. The molecule has 1 aromatic carbocycles. The zero-order valence-corrected chi connectivity index (χ0v) is 11.7. The number of carbonyl (C=O) groups excluding carboxylic acids is 1. The molecule has 0 saturated carbocycles. The molecule has 0 N–H and O–H groups in total. The summed E-state index contributed by atoms with van der Waals surface area (Å²) in [6.07, 6.45) is -0.814. The number of benzene rings is 1. The van der Waals surface area contributed by atoms with E-state index in [0.29, 0.717) is 31.2 Å². The molecule has 3 unspecified atom stereocenters. The van der Waals surface area contributed by atoms with E-state index in [4.69, 9.17) is 14.2 Å². The van der Waals surface area contributed by atoms with Gasteiger partial charge in [0, 0.05) is 13.1 Å². The van der Waals surface area contributed by atoms with E-state index in [0.717, 1.165) is 0 Å². The lowest BCUT2D eigenvalue weighted by molar-refractivity contribution is -0.151. The number of fused-ring (bicyclic) bond motifs is 1. The summed E-state index contributed by atoms with van der Waals surface area (Å²) in [4.78, 5) is 14.4. The van der Waals surface area contributed by atoms with E-state index >= 15 is 0 Å². The van der Waals surface area contributed by atoms with E-state index in [-0.39, 0.29) is 18.1 Å². The molecule has 3 rings (SSSR count). The summed E-state index contributed by atoms with van der Waals surface area (Å²) in [5, 5.41) is 0. The highest BCUT2D eigenvalue weighted by Crippen LogP contribution is 2.34. The monoisotopic (exact) mass is 277 g/mol. The minimum absolute atomic E-state index is 0.0258. The summed E-state index contributed by atoms with van der Waals surface area (Å²) in [7, 11) is 0. The normalized spacial score (nSPS) is 29.1. The molecule has 108 valence electrons. The van der Waals surface area contributed by atoms with Crippen molar-refractivity contribution in [1.29, 1.82) is 0 Å². The van der Waals surface area contributed by atoms with Crippen molar-refractivity contribution in [1.82, 2.24) is 4.90 Å². The van der Waals surface area contributed by atoms with Crippen molar-refractivity contribution in [2.75, 3.05) is 19.7 Å². The third-order valence-electron chi connectivity index (χ3n) is 3.64. The average molecular weight is 277 g/mol. The molecule has 1 amide bonds. The first-order valence-electron chi connectivity index (χ1n) is 6.98. The van der Waals surface area contributed by atoms with Gasteiger partial charge in [0.15, 0.2) is 11.5 Å². The highest BCUT2D eigenvalue weighted by atomic mass is 16.6. The van der Waals surface area contributed by atoms with E-state index in [2.05, 4.69) is 0 Å². The van der Waals surface area contributed by atoms with Crippen LogP contribution in [-0.4, -0.2) is 48.8 Å². The van der Waals surface area contributed by atoms with Gasteiger partial charge in [-0.05, 0) is 26.0 Å². The quantitative estimate of drug-likeness (QED) is 0.780. The van der Waals surface area contributed by atoms with Gasteiger partial charge in [-0.15, -0.1) is 0 Å². The molecular formula is C15H19NO4. The molecule has 2 aliphatic heterocycles.